The highest BCUT2D eigenvalue weighted by molar-refractivity contribution is 5.35. The van der Waals surface area contributed by atoms with E-state index in [1.807, 2.05) is 0 Å². The van der Waals surface area contributed by atoms with Crippen LogP contribution in [-0.4, -0.2) is 20.2 Å². The van der Waals surface area contributed by atoms with Crippen LogP contribution in [0.3, 0.4) is 0 Å². The molecule has 0 saturated heterocycles. The summed E-state index contributed by atoms with van der Waals surface area (Å²) >= 11 is 0. The molecule has 0 unspecified atom stereocenters. The van der Waals surface area contributed by atoms with E-state index in [1.54, 1.807) is 18.3 Å². The Labute approximate surface area is 91.3 Å². The second kappa shape index (κ2) is 4.58. The third-order valence-corrected chi connectivity index (χ3v) is 1.87. The average Bonchev–Trinajstić information content (AvgIpc) is 2.74. The van der Waals surface area contributed by atoms with Crippen LogP contribution >= 0.6 is 0 Å². The van der Waals surface area contributed by atoms with E-state index >= 15 is 0 Å². The van der Waals surface area contributed by atoms with Crippen molar-refractivity contribution in [2.24, 2.45) is 0 Å². The third-order valence-electron chi connectivity index (χ3n) is 1.87. The Balaban J connectivity index is 1.96. The number of nitrogens with two attached hydrogens (primary N) is 1. The SMILES string of the molecule is Nc1ccnc(NCc2cc(CO)no2)n1. The second-order valence-corrected chi connectivity index (χ2v) is 3.10. The quantitative estimate of drug-likeness (QED) is 0.674. The van der Waals surface area contributed by atoms with Crippen LogP contribution in [0.25, 0.3) is 0 Å². The maximum Gasteiger partial charge on any atom is 0.224 e. The van der Waals surface area contributed by atoms with Crippen molar-refractivity contribution in [2.45, 2.75) is 13.2 Å². The van der Waals surface area contributed by atoms with Crippen molar-refractivity contribution in [3.05, 3.63) is 29.8 Å². The van der Waals surface area contributed by atoms with E-state index < -0.39 is 0 Å². The van der Waals surface area contributed by atoms with Crippen molar-refractivity contribution in [2.75, 3.05) is 11.1 Å². The van der Waals surface area contributed by atoms with Crippen molar-refractivity contribution >= 4 is 11.8 Å². The van der Waals surface area contributed by atoms with Gasteiger partial charge in [-0.3, -0.25) is 0 Å². The number of hydrogen-bond donors (Lipinski definition) is 3. The molecule has 0 aliphatic heterocycles. The van der Waals surface area contributed by atoms with Gasteiger partial charge in [-0.1, -0.05) is 5.16 Å². The van der Waals surface area contributed by atoms with Crippen LogP contribution in [0.15, 0.2) is 22.9 Å². The minimum Gasteiger partial charge on any atom is -0.390 e. The predicted octanol–water partition coefficient (Wildman–Crippen LogP) is 0.151. The summed E-state index contributed by atoms with van der Waals surface area (Å²) in [6.45, 7) is 0.245. The first kappa shape index (κ1) is 10.4. The largest absolute Gasteiger partial charge is 0.390 e. The Kier molecular flexibility index (Phi) is 2.97. The molecule has 0 bridgehead atoms. The van der Waals surface area contributed by atoms with Crippen molar-refractivity contribution in [3.8, 4) is 0 Å². The first-order chi connectivity index (χ1) is 7.78. The molecule has 0 atom stereocenters. The summed E-state index contributed by atoms with van der Waals surface area (Å²) in [5.41, 5.74) is 5.98. The van der Waals surface area contributed by atoms with E-state index in [-0.39, 0.29) is 6.61 Å². The Bertz CT molecular complexity index is 470. The Hall–Kier alpha value is -2.15. The fraction of sp³-hybridized carbons (Fsp3) is 0.222. The average molecular weight is 221 g/mol. The molecule has 2 heterocycles. The van der Waals surface area contributed by atoms with Crippen LogP contribution in [0.5, 0.6) is 0 Å². The van der Waals surface area contributed by atoms with Gasteiger partial charge in [0, 0.05) is 12.3 Å². The molecule has 7 nitrogen and oxygen atoms in total. The van der Waals surface area contributed by atoms with Gasteiger partial charge in [0.1, 0.15) is 11.5 Å². The number of aliphatic hydroxyl groups excluding tert-OH is 1. The van der Waals surface area contributed by atoms with E-state index in [2.05, 4.69) is 20.4 Å². The maximum absolute atomic E-state index is 8.79. The van der Waals surface area contributed by atoms with Gasteiger partial charge in [0.05, 0.1) is 13.2 Å². The third kappa shape index (κ3) is 2.45. The Morgan fingerprint density at radius 1 is 1.50 bits per heavy atom. The summed E-state index contributed by atoms with van der Waals surface area (Å²) in [5, 5.41) is 15.3. The Morgan fingerprint density at radius 3 is 3.06 bits per heavy atom. The number of aromatic nitrogens is 3. The highest BCUT2D eigenvalue weighted by atomic mass is 16.5. The molecule has 0 saturated carbocycles. The van der Waals surface area contributed by atoms with E-state index in [4.69, 9.17) is 15.4 Å². The van der Waals surface area contributed by atoms with Crippen LogP contribution in [-0.2, 0) is 13.2 Å². The summed E-state index contributed by atoms with van der Waals surface area (Å²) < 4.78 is 4.95. The van der Waals surface area contributed by atoms with Gasteiger partial charge in [0.25, 0.3) is 0 Å². The maximum atomic E-state index is 8.79. The van der Waals surface area contributed by atoms with Gasteiger partial charge in [0.2, 0.25) is 5.95 Å². The van der Waals surface area contributed by atoms with Gasteiger partial charge in [-0.15, -0.1) is 0 Å². The summed E-state index contributed by atoms with van der Waals surface area (Å²) in [6, 6.07) is 3.25. The van der Waals surface area contributed by atoms with Gasteiger partial charge in [-0.2, -0.15) is 4.98 Å². The summed E-state index contributed by atoms with van der Waals surface area (Å²) in [6.07, 6.45) is 1.56. The number of nitrogens with one attached hydrogen (secondary N) is 1. The van der Waals surface area contributed by atoms with Crippen LogP contribution < -0.4 is 11.1 Å². The minimum atomic E-state index is -0.141. The van der Waals surface area contributed by atoms with Crippen molar-refractivity contribution in [1.82, 2.24) is 15.1 Å². The lowest BCUT2D eigenvalue weighted by Crippen LogP contribution is -2.04. The van der Waals surface area contributed by atoms with Gasteiger partial charge < -0.3 is 20.7 Å². The molecule has 2 aromatic rings. The topological polar surface area (TPSA) is 110 Å². The smallest absolute Gasteiger partial charge is 0.224 e. The van der Waals surface area contributed by atoms with E-state index in [0.29, 0.717) is 29.8 Å². The normalized spacial score (nSPS) is 10.3. The molecule has 2 aromatic heterocycles. The molecule has 0 fully saturated rings. The number of hydrogen-bond acceptors (Lipinski definition) is 7. The molecule has 0 aromatic carbocycles. The molecule has 2 rings (SSSR count). The van der Waals surface area contributed by atoms with E-state index in [1.165, 1.54) is 0 Å². The minimum absolute atomic E-state index is 0.141. The van der Waals surface area contributed by atoms with Gasteiger partial charge in [0.15, 0.2) is 5.76 Å². The number of nitrogens with zero attached hydrogens (tertiary/aromatic N) is 3. The second-order valence-electron chi connectivity index (χ2n) is 3.10. The molecular formula is C9H11N5O2. The first-order valence-electron chi connectivity index (χ1n) is 4.65. The van der Waals surface area contributed by atoms with Gasteiger partial charge in [-0.25, -0.2) is 4.98 Å². The lowest BCUT2D eigenvalue weighted by molar-refractivity contribution is 0.265. The first-order valence-corrected chi connectivity index (χ1v) is 4.65. The van der Waals surface area contributed by atoms with Gasteiger partial charge in [-0.05, 0) is 6.07 Å². The Morgan fingerprint density at radius 2 is 2.38 bits per heavy atom. The molecule has 0 spiro atoms. The van der Waals surface area contributed by atoms with Crippen LogP contribution in [0.2, 0.25) is 0 Å². The molecule has 0 aliphatic rings. The highest BCUT2D eigenvalue weighted by Crippen LogP contribution is 2.07. The molecule has 0 amide bonds. The molecular weight excluding hydrogens is 210 g/mol. The number of aliphatic hydroxyl groups is 1. The zero-order valence-corrected chi connectivity index (χ0v) is 8.42. The number of nitrogen functional groups attached to an aromatic ring is 1. The van der Waals surface area contributed by atoms with Crippen LogP contribution in [0, 0.1) is 0 Å². The standard InChI is InChI=1S/C9H11N5O2/c10-8-1-2-11-9(13-8)12-4-7-3-6(5-15)14-16-7/h1-3,15H,4-5H2,(H3,10,11,12,13). The van der Waals surface area contributed by atoms with Crippen molar-refractivity contribution < 1.29 is 9.63 Å². The van der Waals surface area contributed by atoms with E-state index in [9.17, 15) is 0 Å². The zero-order valence-electron chi connectivity index (χ0n) is 8.42. The monoisotopic (exact) mass is 221 g/mol. The molecule has 0 aliphatic carbocycles. The lowest BCUT2D eigenvalue weighted by Gasteiger charge is -2.01. The predicted molar refractivity (Wildman–Crippen MR) is 56.2 cm³/mol. The van der Waals surface area contributed by atoms with Crippen molar-refractivity contribution in [3.63, 3.8) is 0 Å². The highest BCUT2D eigenvalue weighted by Gasteiger charge is 2.03. The number of rotatable bonds is 4. The fourth-order valence-corrected chi connectivity index (χ4v) is 1.14. The molecule has 16 heavy (non-hydrogen) atoms. The zero-order chi connectivity index (χ0) is 11.4. The van der Waals surface area contributed by atoms with Crippen LogP contribution in [0.1, 0.15) is 11.5 Å². The summed E-state index contributed by atoms with van der Waals surface area (Å²) in [5.74, 6) is 1.41. The van der Waals surface area contributed by atoms with Crippen LogP contribution in [0.4, 0.5) is 11.8 Å². The number of anilines is 2. The lowest BCUT2D eigenvalue weighted by atomic mass is 10.4. The molecule has 4 N–H and O–H groups in total. The molecule has 84 valence electrons. The van der Waals surface area contributed by atoms with E-state index in [0.717, 1.165) is 0 Å². The molecule has 7 heteroatoms. The van der Waals surface area contributed by atoms with Crippen molar-refractivity contribution in [1.29, 1.82) is 0 Å². The summed E-state index contributed by atoms with van der Waals surface area (Å²) in [7, 11) is 0. The summed E-state index contributed by atoms with van der Waals surface area (Å²) in [4.78, 5) is 7.93. The van der Waals surface area contributed by atoms with Gasteiger partial charge >= 0.3 is 0 Å². The fourth-order valence-electron chi connectivity index (χ4n) is 1.14. The molecule has 0 radical (unpaired) electrons.